The van der Waals surface area contributed by atoms with Crippen molar-refractivity contribution in [3.8, 4) is 5.69 Å². The highest BCUT2D eigenvalue weighted by atomic mass is 19.4. The molecular formula is C22H17F3N4O. The number of nitrogens with zero attached hydrogens (tertiary/aromatic N) is 3. The summed E-state index contributed by atoms with van der Waals surface area (Å²) in [4.78, 5) is 16.8. The molecule has 0 saturated heterocycles. The number of benzene rings is 2. The summed E-state index contributed by atoms with van der Waals surface area (Å²) in [5, 5.41) is 6.82. The normalized spacial score (nSPS) is 11.6. The monoisotopic (exact) mass is 410 g/mol. The molecular weight excluding hydrogens is 393 g/mol. The van der Waals surface area contributed by atoms with Gasteiger partial charge in [-0.1, -0.05) is 24.3 Å². The van der Waals surface area contributed by atoms with E-state index in [1.54, 1.807) is 35.0 Å². The molecule has 0 bridgehead atoms. The van der Waals surface area contributed by atoms with Crippen molar-refractivity contribution >= 4 is 22.5 Å². The van der Waals surface area contributed by atoms with Gasteiger partial charge in [-0.2, -0.15) is 18.3 Å². The molecule has 0 aliphatic carbocycles. The van der Waals surface area contributed by atoms with E-state index in [1.165, 1.54) is 18.2 Å². The Hall–Kier alpha value is -3.68. The third kappa shape index (κ3) is 3.63. The molecule has 0 saturated carbocycles. The maximum atomic E-state index is 13.8. The van der Waals surface area contributed by atoms with Gasteiger partial charge in [0.05, 0.1) is 28.0 Å². The van der Waals surface area contributed by atoms with Crippen molar-refractivity contribution in [2.75, 3.05) is 5.32 Å². The Morgan fingerprint density at radius 1 is 1.03 bits per heavy atom. The van der Waals surface area contributed by atoms with Crippen molar-refractivity contribution < 1.29 is 18.0 Å². The maximum Gasteiger partial charge on any atom is 0.417 e. The van der Waals surface area contributed by atoms with E-state index in [0.717, 1.165) is 17.6 Å². The van der Waals surface area contributed by atoms with Gasteiger partial charge in [0.15, 0.2) is 0 Å². The molecule has 152 valence electrons. The molecule has 8 heteroatoms. The second kappa shape index (κ2) is 7.29. The standard InChI is InChI=1S/C22H17F3N4O/c1-13-10-14(2)29(28-13)16-7-5-6-15(11-16)27-21(30)18-12-26-19-9-4-3-8-17(19)20(18)22(23,24)25/h3-12H,1-2H3,(H,27,30). The number of halogens is 3. The molecule has 4 aromatic rings. The van der Waals surface area contributed by atoms with Crippen LogP contribution in [0, 0.1) is 13.8 Å². The number of alkyl halides is 3. The average molecular weight is 410 g/mol. The predicted molar refractivity (Wildman–Crippen MR) is 108 cm³/mol. The Bertz CT molecular complexity index is 1260. The summed E-state index contributed by atoms with van der Waals surface area (Å²) in [7, 11) is 0. The summed E-state index contributed by atoms with van der Waals surface area (Å²) in [5.74, 6) is -0.883. The predicted octanol–water partition coefficient (Wildman–Crippen LogP) is 5.31. The van der Waals surface area contributed by atoms with E-state index in [4.69, 9.17) is 0 Å². The lowest BCUT2D eigenvalue weighted by molar-refractivity contribution is -0.136. The van der Waals surface area contributed by atoms with Crippen LogP contribution in [0.3, 0.4) is 0 Å². The van der Waals surface area contributed by atoms with Crippen LogP contribution >= 0.6 is 0 Å². The molecule has 2 aromatic heterocycles. The molecule has 0 aliphatic rings. The van der Waals surface area contributed by atoms with Crippen molar-refractivity contribution in [1.82, 2.24) is 14.8 Å². The third-order valence-electron chi connectivity index (χ3n) is 4.66. The maximum absolute atomic E-state index is 13.8. The van der Waals surface area contributed by atoms with Crippen LogP contribution < -0.4 is 5.32 Å². The van der Waals surface area contributed by atoms with Gasteiger partial charge in [0, 0.05) is 23.0 Å². The highest BCUT2D eigenvalue weighted by molar-refractivity contribution is 6.08. The van der Waals surface area contributed by atoms with Gasteiger partial charge < -0.3 is 5.32 Å². The van der Waals surface area contributed by atoms with Crippen LogP contribution in [0.4, 0.5) is 18.9 Å². The smallest absolute Gasteiger partial charge is 0.322 e. The molecule has 30 heavy (non-hydrogen) atoms. The van der Waals surface area contributed by atoms with Crippen LogP contribution in [0.25, 0.3) is 16.6 Å². The van der Waals surface area contributed by atoms with Crippen molar-refractivity contribution in [2.24, 2.45) is 0 Å². The van der Waals surface area contributed by atoms with Crippen LogP contribution in [0.15, 0.2) is 60.8 Å². The molecule has 4 rings (SSSR count). The lowest BCUT2D eigenvalue weighted by atomic mass is 10.0. The number of fused-ring (bicyclic) bond motifs is 1. The molecule has 5 nitrogen and oxygen atoms in total. The van der Waals surface area contributed by atoms with Gasteiger partial charge in [-0.05, 0) is 44.2 Å². The Morgan fingerprint density at radius 2 is 1.80 bits per heavy atom. The van der Waals surface area contributed by atoms with E-state index >= 15 is 0 Å². The highest BCUT2D eigenvalue weighted by Crippen LogP contribution is 2.37. The van der Waals surface area contributed by atoms with Crippen molar-refractivity contribution in [3.63, 3.8) is 0 Å². The lowest BCUT2D eigenvalue weighted by Crippen LogP contribution is -2.20. The highest BCUT2D eigenvalue weighted by Gasteiger charge is 2.37. The Labute approximate surface area is 170 Å². The van der Waals surface area contributed by atoms with E-state index in [1.807, 2.05) is 19.9 Å². The number of aryl methyl sites for hydroxylation is 2. The summed E-state index contributed by atoms with van der Waals surface area (Å²) in [5.41, 5.74) is 1.41. The fourth-order valence-electron chi connectivity index (χ4n) is 3.42. The number of nitrogens with one attached hydrogen (secondary N) is 1. The van der Waals surface area contributed by atoms with Crippen LogP contribution in [0.2, 0.25) is 0 Å². The van der Waals surface area contributed by atoms with E-state index in [2.05, 4.69) is 15.4 Å². The Morgan fingerprint density at radius 3 is 2.50 bits per heavy atom. The van der Waals surface area contributed by atoms with Crippen LogP contribution in [0.1, 0.15) is 27.3 Å². The minimum atomic E-state index is -4.71. The molecule has 2 aromatic carbocycles. The second-order valence-electron chi connectivity index (χ2n) is 6.91. The lowest BCUT2D eigenvalue weighted by Gasteiger charge is -2.15. The van der Waals surface area contributed by atoms with Gasteiger partial charge in [-0.15, -0.1) is 0 Å². The number of carbonyl (C=O) groups is 1. The van der Waals surface area contributed by atoms with Gasteiger partial charge in [0.25, 0.3) is 5.91 Å². The molecule has 2 heterocycles. The van der Waals surface area contributed by atoms with E-state index < -0.39 is 23.2 Å². The molecule has 0 unspecified atom stereocenters. The van der Waals surface area contributed by atoms with Crippen molar-refractivity contribution in [2.45, 2.75) is 20.0 Å². The van der Waals surface area contributed by atoms with E-state index in [0.29, 0.717) is 11.4 Å². The van der Waals surface area contributed by atoms with Crippen LogP contribution in [0.5, 0.6) is 0 Å². The first-order valence-electron chi connectivity index (χ1n) is 9.14. The Kier molecular flexibility index (Phi) is 4.77. The number of amides is 1. The number of pyridine rings is 1. The van der Waals surface area contributed by atoms with Gasteiger partial charge in [0.1, 0.15) is 0 Å². The zero-order valence-corrected chi connectivity index (χ0v) is 16.2. The first kappa shape index (κ1) is 19.6. The van der Waals surface area contributed by atoms with Gasteiger partial charge >= 0.3 is 6.18 Å². The molecule has 0 spiro atoms. The molecule has 0 aliphatic heterocycles. The number of rotatable bonds is 3. The number of hydrogen-bond donors (Lipinski definition) is 1. The minimum absolute atomic E-state index is 0.117. The topological polar surface area (TPSA) is 59.8 Å². The van der Waals surface area contributed by atoms with E-state index in [-0.39, 0.29) is 10.9 Å². The quantitative estimate of drug-likeness (QED) is 0.498. The van der Waals surface area contributed by atoms with Crippen LogP contribution in [-0.2, 0) is 6.18 Å². The van der Waals surface area contributed by atoms with E-state index in [9.17, 15) is 18.0 Å². The summed E-state index contributed by atoms with van der Waals surface area (Å²) >= 11 is 0. The van der Waals surface area contributed by atoms with Gasteiger partial charge in [-0.25, -0.2) is 4.68 Å². The Balaban J connectivity index is 1.72. The fourth-order valence-corrected chi connectivity index (χ4v) is 3.42. The summed E-state index contributed by atoms with van der Waals surface area (Å²) in [6, 6.07) is 14.5. The largest absolute Gasteiger partial charge is 0.417 e. The molecule has 0 atom stereocenters. The average Bonchev–Trinajstić information content (AvgIpc) is 3.04. The molecule has 1 N–H and O–H groups in total. The fraction of sp³-hybridized carbons (Fsp3) is 0.136. The number of carbonyl (C=O) groups excluding carboxylic acids is 1. The number of para-hydroxylation sites is 1. The minimum Gasteiger partial charge on any atom is -0.322 e. The first-order valence-corrected chi connectivity index (χ1v) is 9.14. The molecule has 0 radical (unpaired) electrons. The summed E-state index contributed by atoms with van der Waals surface area (Å²) in [6.45, 7) is 3.75. The zero-order valence-electron chi connectivity index (χ0n) is 16.2. The van der Waals surface area contributed by atoms with Gasteiger partial charge in [0.2, 0.25) is 0 Å². The first-order chi connectivity index (χ1) is 14.2. The number of aromatic nitrogens is 3. The zero-order chi connectivity index (χ0) is 21.5. The number of hydrogen-bond acceptors (Lipinski definition) is 3. The second-order valence-corrected chi connectivity index (χ2v) is 6.91. The summed E-state index contributed by atoms with van der Waals surface area (Å²) in [6.07, 6.45) is -3.74. The summed E-state index contributed by atoms with van der Waals surface area (Å²) < 4.78 is 43.1. The molecule has 1 amide bonds. The SMILES string of the molecule is Cc1cc(C)n(-c2cccc(NC(=O)c3cnc4ccccc4c3C(F)(F)F)c2)n1. The van der Waals surface area contributed by atoms with Crippen molar-refractivity contribution in [1.29, 1.82) is 0 Å². The van der Waals surface area contributed by atoms with Crippen molar-refractivity contribution in [3.05, 3.63) is 83.3 Å². The molecule has 0 fully saturated rings. The number of anilines is 1. The van der Waals surface area contributed by atoms with Crippen LogP contribution in [-0.4, -0.2) is 20.7 Å². The third-order valence-corrected chi connectivity index (χ3v) is 4.66. The van der Waals surface area contributed by atoms with Gasteiger partial charge in [-0.3, -0.25) is 9.78 Å².